The molecule has 1 atom stereocenters. The van der Waals surface area contributed by atoms with Crippen LogP contribution in [-0.2, 0) is 16.0 Å². The molecule has 0 saturated heterocycles. The second-order valence-corrected chi connectivity index (χ2v) is 5.46. The fraction of sp³-hybridized carbons (Fsp3) is 0.500. The van der Waals surface area contributed by atoms with E-state index in [2.05, 4.69) is 5.32 Å². The maximum Gasteiger partial charge on any atom is 0.247 e. The number of nitrogens with one attached hydrogen (secondary N) is 1. The number of carbonyl (C=O) groups excluding carboxylic acids is 2. The molecule has 0 radical (unpaired) electrons. The Labute approximate surface area is 120 Å². The molecular weight excluding hydrogens is 252 g/mol. The Morgan fingerprint density at radius 3 is 2.75 bits per heavy atom. The zero-order valence-corrected chi connectivity index (χ0v) is 12.3. The van der Waals surface area contributed by atoms with Crippen LogP contribution in [0.4, 0.5) is 0 Å². The number of carbonyl (C=O) groups is 2. The smallest absolute Gasteiger partial charge is 0.247 e. The van der Waals surface area contributed by atoms with E-state index in [-0.39, 0.29) is 17.9 Å². The summed E-state index contributed by atoms with van der Waals surface area (Å²) in [6.45, 7) is 6.55. The predicted octanol–water partition coefficient (Wildman–Crippen LogP) is 2.05. The Balaban J connectivity index is 2.40. The van der Waals surface area contributed by atoms with Crippen molar-refractivity contribution in [1.82, 2.24) is 10.2 Å². The minimum absolute atomic E-state index is 0.00762. The minimum Gasteiger partial charge on any atom is -0.354 e. The molecule has 1 aromatic rings. The lowest BCUT2D eigenvalue weighted by Crippen LogP contribution is -2.50. The van der Waals surface area contributed by atoms with Gasteiger partial charge < -0.3 is 10.2 Å². The lowest BCUT2D eigenvalue weighted by atomic mass is 9.90. The van der Waals surface area contributed by atoms with E-state index in [0.29, 0.717) is 13.0 Å². The van der Waals surface area contributed by atoms with Gasteiger partial charge in [0.1, 0.15) is 6.04 Å². The first-order valence-electron chi connectivity index (χ1n) is 7.23. The van der Waals surface area contributed by atoms with Crippen molar-refractivity contribution >= 4 is 11.8 Å². The van der Waals surface area contributed by atoms with Crippen molar-refractivity contribution in [2.24, 2.45) is 0 Å². The molecule has 2 rings (SSSR count). The maximum atomic E-state index is 12.5. The Kier molecular flexibility index (Phi) is 4.42. The van der Waals surface area contributed by atoms with Crippen LogP contribution in [0.2, 0.25) is 0 Å². The first-order valence-corrected chi connectivity index (χ1v) is 7.23. The summed E-state index contributed by atoms with van der Waals surface area (Å²) in [6.07, 6.45) is 1.27. The quantitative estimate of drug-likeness (QED) is 0.913. The molecule has 4 heteroatoms. The standard InChI is InChI=1S/C16H22N2O2/c1-4-9-17-16(20)15-13-8-6-5-7-12(13)10-14(19)18(15)11(2)3/h5-8,11,15H,4,9-10H2,1-3H3,(H,17,20). The summed E-state index contributed by atoms with van der Waals surface area (Å²) < 4.78 is 0. The molecule has 1 heterocycles. The van der Waals surface area contributed by atoms with Crippen LogP contribution < -0.4 is 5.32 Å². The second kappa shape index (κ2) is 6.07. The van der Waals surface area contributed by atoms with Gasteiger partial charge in [-0.15, -0.1) is 0 Å². The van der Waals surface area contributed by atoms with Crippen molar-refractivity contribution in [2.45, 2.75) is 45.7 Å². The first kappa shape index (κ1) is 14.6. The molecule has 1 aliphatic heterocycles. The van der Waals surface area contributed by atoms with E-state index in [1.165, 1.54) is 0 Å². The fourth-order valence-electron chi connectivity index (χ4n) is 2.71. The van der Waals surface area contributed by atoms with Gasteiger partial charge in [-0.25, -0.2) is 0 Å². The SMILES string of the molecule is CCCNC(=O)C1c2ccccc2CC(=O)N1C(C)C. The third-order valence-electron chi connectivity index (χ3n) is 3.61. The van der Waals surface area contributed by atoms with Crippen molar-refractivity contribution in [2.75, 3.05) is 6.54 Å². The summed E-state index contributed by atoms with van der Waals surface area (Å²) in [4.78, 5) is 26.5. The van der Waals surface area contributed by atoms with Gasteiger partial charge in [0.15, 0.2) is 0 Å². The second-order valence-electron chi connectivity index (χ2n) is 5.46. The van der Waals surface area contributed by atoms with Crippen molar-refractivity contribution in [3.05, 3.63) is 35.4 Å². The van der Waals surface area contributed by atoms with Gasteiger partial charge in [-0.3, -0.25) is 9.59 Å². The topological polar surface area (TPSA) is 49.4 Å². The van der Waals surface area contributed by atoms with E-state index >= 15 is 0 Å². The summed E-state index contributed by atoms with van der Waals surface area (Å²) in [5, 5.41) is 2.92. The lowest BCUT2D eigenvalue weighted by molar-refractivity contribution is -0.143. The molecule has 0 spiro atoms. The van der Waals surface area contributed by atoms with Crippen molar-refractivity contribution in [3.63, 3.8) is 0 Å². The molecule has 108 valence electrons. The van der Waals surface area contributed by atoms with E-state index in [0.717, 1.165) is 17.5 Å². The molecule has 0 saturated carbocycles. The molecule has 1 aliphatic rings. The number of nitrogens with zero attached hydrogens (tertiary/aromatic N) is 1. The summed E-state index contributed by atoms with van der Waals surface area (Å²) in [6, 6.07) is 7.23. The van der Waals surface area contributed by atoms with Gasteiger partial charge in [-0.2, -0.15) is 0 Å². The number of benzene rings is 1. The van der Waals surface area contributed by atoms with Crippen LogP contribution >= 0.6 is 0 Å². The van der Waals surface area contributed by atoms with Crippen molar-refractivity contribution in [1.29, 1.82) is 0 Å². The minimum atomic E-state index is -0.501. The number of hydrogen-bond donors (Lipinski definition) is 1. The van der Waals surface area contributed by atoms with E-state index in [4.69, 9.17) is 0 Å². The van der Waals surface area contributed by atoms with Gasteiger partial charge in [-0.1, -0.05) is 31.2 Å². The van der Waals surface area contributed by atoms with Gasteiger partial charge in [-0.05, 0) is 31.4 Å². The van der Waals surface area contributed by atoms with Gasteiger partial charge >= 0.3 is 0 Å². The van der Waals surface area contributed by atoms with Crippen LogP contribution in [0.1, 0.15) is 44.4 Å². The van der Waals surface area contributed by atoms with Crippen molar-refractivity contribution < 1.29 is 9.59 Å². The average molecular weight is 274 g/mol. The third kappa shape index (κ3) is 2.69. The summed E-state index contributed by atoms with van der Waals surface area (Å²) >= 11 is 0. The molecule has 2 amide bonds. The number of hydrogen-bond acceptors (Lipinski definition) is 2. The highest BCUT2D eigenvalue weighted by atomic mass is 16.2. The molecule has 1 N–H and O–H groups in total. The Morgan fingerprint density at radius 2 is 2.10 bits per heavy atom. The van der Waals surface area contributed by atoms with Crippen LogP contribution in [0.3, 0.4) is 0 Å². The average Bonchev–Trinajstić information content (AvgIpc) is 2.42. The maximum absolute atomic E-state index is 12.5. The Morgan fingerprint density at radius 1 is 1.40 bits per heavy atom. The van der Waals surface area contributed by atoms with Crippen LogP contribution in [0.15, 0.2) is 24.3 Å². The molecule has 0 fully saturated rings. The number of fused-ring (bicyclic) bond motifs is 1. The molecular formula is C16H22N2O2. The van der Waals surface area contributed by atoms with Crippen LogP contribution in [0, 0.1) is 0 Å². The van der Waals surface area contributed by atoms with Gasteiger partial charge in [0.25, 0.3) is 0 Å². The van der Waals surface area contributed by atoms with Gasteiger partial charge in [0.05, 0.1) is 6.42 Å². The van der Waals surface area contributed by atoms with Crippen molar-refractivity contribution in [3.8, 4) is 0 Å². The monoisotopic (exact) mass is 274 g/mol. The highest BCUT2D eigenvalue weighted by Gasteiger charge is 2.38. The number of amides is 2. The Hall–Kier alpha value is -1.84. The first-order chi connectivity index (χ1) is 9.56. The summed E-state index contributed by atoms with van der Waals surface area (Å²) in [5.41, 5.74) is 1.92. The van der Waals surface area contributed by atoms with E-state index in [1.54, 1.807) is 4.90 Å². The summed E-state index contributed by atoms with van der Waals surface area (Å²) in [5.74, 6) is -0.0589. The fourth-order valence-corrected chi connectivity index (χ4v) is 2.71. The number of rotatable bonds is 4. The van der Waals surface area contributed by atoms with E-state index in [9.17, 15) is 9.59 Å². The van der Waals surface area contributed by atoms with Crippen LogP contribution in [-0.4, -0.2) is 29.3 Å². The zero-order chi connectivity index (χ0) is 14.7. The third-order valence-corrected chi connectivity index (χ3v) is 3.61. The largest absolute Gasteiger partial charge is 0.354 e. The lowest BCUT2D eigenvalue weighted by Gasteiger charge is -2.38. The highest BCUT2D eigenvalue weighted by molar-refractivity contribution is 5.92. The Bertz CT molecular complexity index is 511. The molecule has 1 unspecified atom stereocenters. The van der Waals surface area contributed by atoms with E-state index in [1.807, 2.05) is 45.0 Å². The van der Waals surface area contributed by atoms with Gasteiger partial charge in [0.2, 0.25) is 11.8 Å². The molecule has 0 aromatic heterocycles. The predicted molar refractivity (Wildman–Crippen MR) is 78.2 cm³/mol. The molecule has 1 aromatic carbocycles. The van der Waals surface area contributed by atoms with Gasteiger partial charge in [0, 0.05) is 12.6 Å². The molecule has 0 bridgehead atoms. The molecule has 4 nitrogen and oxygen atoms in total. The molecule has 0 aliphatic carbocycles. The normalized spacial score (nSPS) is 18.1. The van der Waals surface area contributed by atoms with Crippen LogP contribution in [0.5, 0.6) is 0 Å². The van der Waals surface area contributed by atoms with E-state index < -0.39 is 6.04 Å². The molecule has 20 heavy (non-hydrogen) atoms. The highest BCUT2D eigenvalue weighted by Crippen LogP contribution is 2.32. The zero-order valence-electron chi connectivity index (χ0n) is 12.3. The van der Waals surface area contributed by atoms with Crippen LogP contribution in [0.25, 0.3) is 0 Å². The summed E-state index contributed by atoms with van der Waals surface area (Å²) in [7, 11) is 0.